The van der Waals surface area contributed by atoms with Crippen molar-refractivity contribution in [1.82, 2.24) is 9.97 Å². The summed E-state index contributed by atoms with van der Waals surface area (Å²) in [6.07, 6.45) is 4.79. The summed E-state index contributed by atoms with van der Waals surface area (Å²) < 4.78 is 10.5. The predicted molar refractivity (Wildman–Crippen MR) is 79.1 cm³/mol. The smallest absolute Gasteiger partial charge is 0.225 e. The van der Waals surface area contributed by atoms with E-state index in [0.29, 0.717) is 29.9 Å². The first-order valence-corrected chi connectivity index (χ1v) is 6.74. The molecule has 0 atom stereocenters. The van der Waals surface area contributed by atoms with Crippen molar-refractivity contribution in [1.29, 1.82) is 0 Å². The molecule has 0 aliphatic heterocycles. The van der Waals surface area contributed by atoms with E-state index in [1.165, 1.54) is 0 Å². The van der Waals surface area contributed by atoms with Crippen LogP contribution < -0.4 is 10.6 Å². The predicted octanol–water partition coefficient (Wildman–Crippen LogP) is 3.54. The SMILES string of the molecule is Clc1cnc(NCc2ccco2)nc1NCc1ccco1. The van der Waals surface area contributed by atoms with Crippen LogP contribution in [0.25, 0.3) is 0 Å². The Labute approximate surface area is 126 Å². The standard InChI is InChI=1S/C14H13ClN4O2/c15-12-9-18-14(17-8-11-4-2-6-21-11)19-13(12)16-7-10-3-1-5-20-10/h1-6,9H,7-8H2,(H2,16,17,18,19). The number of rotatable bonds is 6. The van der Waals surface area contributed by atoms with Gasteiger partial charge in [-0.2, -0.15) is 4.98 Å². The summed E-state index contributed by atoms with van der Waals surface area (Å²) in [7, 11) is 0. The molecule has 0 aliphatic rings. The molecule has 3 aromatic heterocycles. The molecular weight excluding hydrogens is 292 g/mol. The van der Waals surface area contributed by atoms with E-state index >= 15 is 0 Å². The number of furan rings is 2. The Morgan fingerprint density at radius 2 is 1.67 bits per heavy atom. The molecule has 0 saturated heterocycles. The highest BCUT2D eigenvalue weighted by molar-refractivity contribution is 6.32. The van der Waals surface area contributed by atoms with Crippen molar-refractivity contribution in [3.63, 3.8) is 0 Å². The molecule has 6 nitrogen and oxygen atoms in total. The van der Waals surface area contributed by atoms with Gasteiger partial charge in [-0.15, -0.1) is 0 Å². The van der Waals surface area contributed by atoms with Crippen molar-refractivity contribution >= 4 is 23.4 Å². The maximum Gasteiger partial charge on any atom is 0.225 e. The van der Waals surface area contributed by atoms with Crippen LogP contribution in [0.2, 0.25) is 5.02 Å². The minimum absolute atomic E-state index is 0.449. The molecular formula is C14H13ClN4O2. The molecule has 0 saturated carbocycles. The summed E-state index contributed by atoms with van der Waals surface area (Å²) in [6, 6.07) is 7.40. The second kappa shape index (κ2) is 6.32. The van der Waals surface area contributed by atoms with Crippen LogP contribution in [0.4, 0.5) is 11.8 Å². The van der Waals surface area contributed by atoms with Crippen LogP contribution in [0.3, 0.4) is 0 Å². The van der Waals surface area contributed by atoms with Gasteiger partial charge in [0.15, 0.2) is 5.82 Å². The number of hydrogen-bond donors (Lipinski definition) is 2. The Balaban J connectivity index is 1.64. The van der Waals surface area contributed by atoms with Crippen molar-refractivity contribution in [3.05, 3.63) is 59.5 Å². The van der Waals surface area contributed by atoms with Gasteiger partial charge in [0.1, 0.15) is 16.5 Å². The van der Waals surface area contributed by atoms with Crippen molar-refractivity contribution < 1.29 is 8.83 Å². The zero-order valence-corrected chi connectivity index (χ0v) is 11.8. The summed E-state index contributed by atoms with van der Waals surface area (Å²) in [5.41, 5.74) is 0. The third-order valence-corrected chi connectivity index (χ3v) is 3.03. The summed E-state index contributed by atoms with van der Waals surface area (Å²) >= 11 is 6.07. The largest absolute Gasteiger partial charge is 0.467 e. The Bertz CT molecular complexity index is 683. The molecule has 0 radical (unpaired) electrons. The minimum Gasteiger partial charge on any atom is -0.467 e. The lowest BCUT2D eigenvalue weighted by Gasteiger charge is -2.08. The average Bonchev–Trinajstić information content (AvgIpc) is 3.18. The molecule has 0 aliphatic carbocycles. The maximum absolute atomic E-state index is 6.07. The Morgan fingerprint density at radius 3 is 2.29 bits per heavy atom. The Morgan fingerprint density at radius 1 is 1.00 bits per heavy atom. The first-order chi connectivity index (χ1) is 10.3. The molecule has 0 spiro atoms. The normalized spacial score (nSPS) is 10.5. The molecule has 21 heavy (non-hydrogen) atoms. The van der Waals surface area contributed by atoms with E-state index in [-0.39, 0.29) is 0 Å². The minimum atomic E-state index is 0.449. The summed E-state index contributed by atoms with van der Waals surface area (Å²) in [6.45, 7) is 1.01. The number of halogens is 1. The molecule has 0 bridgehead atoms. The number of anilines is 2. The highest BCUT2D eigenvalue weighted by Gasteiger charge is 2.06. The lowest BCUT2D eigenvalue weighted by atomic mass is 10.4. The van der Waals surface area contributed by atoms with Crippen LogP contribution in [0, 0.1) is 0 Å². The monoisotopic (exact) mass is 304 g/mol. The van der Waals surface area contributed by atoms with Gasteiger partial charge in [-0.3, -0.25) is 0 Å². The van der Waals surface area contributed by atoms with Gasteiger partial charge in [-0.1, -0.05) is 11.6 Å². The van der Waals surface area contributed by atoms with Crippen LogP contribution in [-0.4, -0.2) is 9.97 Å². The third-order valence-electron chi connectivity index (χ3n) is 2.76. The number of hydrogen-bond acceptors (Lipinski definition) is 6. The van der Waals surface area contributed by atoms with Gasteiger partial charge in [0.25, 0.3) is 0 Å². The van der Waals surface area contributed by atoms with Gasteiger partial charge in [-0.25, -0.2) is 4.98 Å². The Kier molecular flexibility index (Phi) is 4.07. The fourth-order valence-corrected chi connectivity index (χ4v) is 1.90. The topological polar surface area (TPSA) is 76.1 Å². The van der Waals surface area contributed by atoms with Gasteiger partial charge < -0.3 is 19.5 Å². The van der Waals surface area contributed by atoms with Crippen molar-refractivity contribution in [3.8, 4) is 0 Å². The molecule has 2 N–H and O–H groups in total. The number of aromatic nitrogens is 2. The van der Waals surface area contributed by atoms with Crippen LogP contribution >= 0.6 is 11.6 Å². The summed E-state index contributed by atoms with van der Waals surface area (Å²) in [4.78, 5) is 8.45. The molecule has 7 heteroatoms. The van der Waals surface area contributed by atoms with Gasteiger partial charge in [0.05, 0.1) is 31.8 Å². The second-order valence-corrected chi connectivity index (χ2v) is 4.66. The molecule has 3 heterocycles. The van der Waals surface area contributed by atoms with Gasteiger partial charge in [0.2, 0.25) is 5.95 Å². The number of nitrogens with one attached hydrogen (secondary N) is 2. The van der Waals surface area contributed by atoms with E-state index in [2.05, 4.69) is 20.6 Å². The lowest BCUT2D eigenvalue weighted by molar-refractivity contribution is 0.517. The van der Waals surface area contributed by atoms with Crippen molar-refractivity contribution in [2.45, 2.75) is 13.1 Å². The lowest BCUT2D eigenvalue weighted by Crippen LogP contribution is -2.07. The van der Waals surface area contributed by atoms with Crippen LogP contribution in [0.1, 0.15) is 11.5 Å². The van der Waals surface area contributed by atoms with Gasteiger partial charge in [-0.05, 0) is 24.3 Å². The first kappa shape index (κ1) is 13.5. The van der Waals surface area contributed by atoms with Crippen LogP contribution in [0.15, 0.2) is 51.8 Å². The van der Waals surface area contributed by atoms with E-state index in [9.17, 15) is 0 Å². The Hall–Kier alpha value is -2.47. The fourth-order valence-electron chi connectivity index (χ4n) is 1.74. The quantitative estimate of drug-likeness (QED) is 0.725. The van der Waals surface area contributed by atoms with Crippen molar-refractivity contribution in [2.75, 3.05) is 10.6 Å². The van der Waals surface area contributed by atoms with Crippen LogP contribution in [0.5, 0.6) is 0 Å². The average molecular weight is 305 g/mol. The van der Waals surface area contributed by atoms with E-state index in [0.717, 1.165) is 11.5 Å². The van der Waals surface area contributed by atoms with Gasteiger partial charge >= 0.3 is 0 Å². The maximum atomic E-state index is 6.07. The van der Waals surface area contributed by atoms with Gasteiger partial charge in [0, 0.05) is 0 Å². The fraction of sp³-hybridized carbons (Fsp3) is 0.143. The zero-order valence-electron chi connectivity index (χ0n) is 11.0. The van der Waals surface area contributed by atoms with E-state index in [1.54, 1.807) is 18.7 Å². The molecule has 0 fully saturated rings. The highest BCUT2D eigenvalue weighted by atomic mass is 35.5. The third kappa shape index (κ3) is 3.55. The van der Waals surface area contributed by atoms with Crippen LogP contribution in [-0.2, 0) is 13.1 Å². The highest BCUT2D eigenvalue weighted by Crippen LogP contribution is 2.20. The zero-order chi connectivity index (χ0) is 14.5. The molecule has 3 aromatic rings. The van der Waals surface area contributed by atoms with E-state index in [4.69, 9.17) is 20.4 Å². The molecule has 0 aromatic carbocycles. The van der Waals surface area contributed by atoms with Crippen molar-refractivity contribution in [2.24, 2.45) is 0 Å². The summed E-state index contributed by atoms with van der Waals surface area (Å²) in [5, 5.41) is 6.63. The molecule has 108 valence electrons. The van der Waals surface area contributed by atoms with E-state index < -0.39 is 0 Å². The summed E-state index contributed by atoms with van der Waals surface area (Å²) in [5.74, 6) is 2.62. The molecule has 3 rings (SSSR count). The molecule has 0 unspecified atom stereocenters. The number of nitrogens with zero attached hydrogens (tertiary/aromatic N) is 2. The first-order valence-electron chi connectivity index (χ1n) is 6.36. The van der Waals surface area contributed by atoms with E-state index in [1.807, 2.05) is 24.3 Å². The molecule has 0 amide bonds. The second-order valence-electron chi connectivity index (χ2n) is 4.26.